The predicted octanol–water partition coefficient (Wildman–Crippen LogP) is 1.81. The number of nitrogens with zero attached hydrogens (tertiary/aromatic N) is 2. The Morgan fingerprint density at radius 1 is 1.17 bits per heavy atom. The fourth-order valence-electron chi connectivity index (χ4n) is 4.63. The Hall–Kier alpha value is -1.10. The lowest BCUT2D eigenvalue weighted by atomic mass is 9.87. The Kier molecular flexibility index (Phi) is 4.08. The summed E-state index contributed by atoms with van der Waals surface area (Å²) < 4.78 is 5.37. The summed E-state index contributed by atoms with van der Waals surface area (Å²) in [6, 6.07) is 0. The third kappa shape index (κ3) is 3.00. The van der Waals surface area contributed by atoms with Crippen molar-refractivity contribution in [1.29, 1.82) is 0 Å². The van der Waals surface area contributed by atoms with Gasteiger partial charge in [-0.1, -0.05) is 0 Å². The molecule has 5 heteroatoms. The van der Waals surface area contributed by atoms with Gasteiger partial charge in [-0.3, -0.25) is 9.59 Å². The van der Waals surface area contributed by atoms with E-state index in [1.54, 1.807) is 0 Å². The van der Waals surface area contributed by atoms with Crippen LogP contribution in [-0.2, 0) is 14.3 Å². The van der Waals surface area contributed by atoms with Crippen LogP contribution in [0.1, 0.15) is 51.4 Å². The van der Waals surface area contributed by atoms with Crippen LogP contribution in [0, 0.1) is 11.8 Å². The molecular formula is C18H28N2O3. The summed E-state index contributed by atoms with van der Waals surface area (Å²) in [7, 11) is 0. The molecule has 0 unspecified atom stereocenters. The van der Waals surface area contributed by atoms with Crippen LogP contribution in [0.3, 0.4) is 0 Å². The third-order valence-electron chi connectivity index (χ3n) is 6.32. The molecule has 0 N–H and O–H groups in total. The van der Waals surface area contributed by atoms with E-state index in [2.05, 4.69) is 4.90 Å². The summed E-state index contributed by atoms with van der Waals surface area (Å²) >= 11 is 0. The highest BCUT2D eigenvalue weighted by Gasteiger charge is 2.47. The minimum atomic E-state index is 0.0425. The number of rotatable bonds is 3. The van der Waals surface area contributed by atoms with E-state index in [-0.39, 0.29) is 17.4 Å². The minimum Gasteiger partial charge on any atom is -0.381 e. The average molecular weight is 320 g/mol. The van der Waals surface area contributed by atoms with Gasteiger partial charge < -0.3 is 14.5 Å². The van der Waals surface area contributed by atoms with Crippen molar-refractivity contribution in [3.8, 4) is 0 Å². The molecule has 0 radical (unpaired) electrons. The van der Waals surface area contributed by atoms with Gasteiger partial charge in [-0.25, -0.2) is 0 Å². The quantitative estimate of drug-likeness (QED) is 0.797. The van der Waals surface area contributed by atoms with Gasteiger partial charge in [0.1, 0.15) is 0 Å². The second-order valence-electron chi connectivity index (χ2n) is 7.91. The van der Waals surface area contributed by atoms with Crippen molar-refractivity contribution in [2.24, 2.45) is 11.8 Å². The molecule has 4 fully saturated rings. The SMILES string of the molecule is O=C([C@H]1CCOC1)N1CCC[C@]2(CCC(=O)N2CC2CC2)CC1. The highest BCUT2D eigenvalue weighted by atomic mass is 16.5. The van der Waals surface area contributed by atoms with Gasteiger partial charge in [-0.15, -0.1) is 0 Å². The molecule has 4 rings (SSSR count). The van der Waals surface area contributed by atoms with Crippen molar-refractivity contribution in [2.75, 3.05) is 32.8 Å². The highest BCUT2D eigenvalue weighted by molar-refractivity contribution is 5.80. The van der Waals surface area contributed by atoms with Gasteiger partial charge in [-0.2, -0.15) is 0 Å². The number of amides is 2. The van der Waals surface area contributed by atoms with E-state index in [1.165, 1.54) is 12.8 Å². The maximum atomic E-state index is 12.7. The number of likely N-dealkylation sites (tertiary alicyclic amines) is 2. The predicted molar refractivity (Wildman–Crippen MR) is 85.8 cm³/mol. The summed E-state index contributed by atoms with van der Waals surface area (Å²) in [5, 5.41) is 0. The molecule has 3 saturated heterocycles. The first kappa shape index (κ1) is 15.4. The summed E-state index contributed by atoms with van der Waals surface area (Å²) in [5.74, 6) is 1.43. The second kappa shape index (κ2) is 6.08. The largest absolute Gasteiger partial charge is 0.381 e. The Bertz CT molecular complexity index is 485. The van der Waals surface area contributed by atoms with Crippen molar-refractivity contribution in [3.05, 3.63) is 0 Å². The van der Waals surface area contributed by atoms with Gasteiger partial charge in [0, 0.05) is 38.2 Å². The Labute approximate surface area is 138 Å². The number of hydrogen-bond acceptors (Lipinski definition) is 3. The first-order valence-electron chi connectivity index (χ1n) is 9.35. The standard InChI is InChI=1S/C18H28N2O3/c21-16-4-7-18(20(16)12-14-2-3-14)6-1-9-19(10-8-18)17(22)15-5-11-23-13-15/h14-15H,1-13H2/t15-,18-/m0/s1. The second-order valence-corrected chi connectivity index (χ2v) is 7.91. The van der Waals surface area contributed by atoms with E-state index in [0.717, 1.165) is 64.3 Å². The molecule has 2 atom stereocenters. The molecule has 23 heavy (non-hydrogen) atoms. The Balaban J connectivity index is 1.43. The zero-order valence-corrected chi connectivity index (χ0v) is 14.0. The molecule has 4 aliphatic rings. The summed E-state index contributed by atoms with van der Waals surface area (Å²) in [4.78, 5) is 29.3. The van der Waals surface area contributed by atoms with Crippen molar-refractivity contribution in [3.63, 3.8) is 0 Å². The number of hydrogen-bond donors (Lipinski definition) is 0. The lowest BCUT2D eigenvalue weighted by Crippen LogP contribution is -2.47. The minimum absolute atomic E-state index is 0.0425. The van der Waals surface area contributed by atoms with Gasteiger partial charge in [-0.05, 0) is 50.9 Å². The molecule has 0 aromatic carbocycles. The van der Waals surface area contributed by atoms with Crippen LogP contribution in [0.4, 0.5) is 0 Å². The van der Waals surface area contributed by atoms with E-state index in [9.17, 15) is 9.59 Å². The molecule has 128 valence electrons. The van der Waals surface area contributed by atoms with Crippen LogP contribution in [0.15, 0.2) is 0 Å². The zero-order valence-electron chi connectivity index (χ0n) is 14.0. The normalized spacial score (nSPS) is 35.1. The van der Waals surface area contributed by atoms with Crippen molar-refractivity contribution >= 4 is 11.8 Å². The molecular weight excluding hydrogens is 292 g/mol. The average Bonchev–Trinajstić information content (AvgIpc) is 3.18. The maximum absolute atomic E-state index is 12.7. The lowest BCUT2D eigenvalue weighted by Gasteiger charge is -2.38. The Morgan fingerprint density at radius 2 is 2.04 bits per heavy atom. The van der Waals surface area contributed by atoms with Crippen LogP contribution >= 0.6 is 0 Å². The Morgan fingerprint density at radius 3 is 2.78 bits per heavy atom. The lowest BCUT2D eigenvalue weighted by molar-refractivity contribution is -0.135. The molecule has 5 nitrogen and oxygen atoms in total. The molecule has 0 bridgehead atoms. The molecule has 3 aliphatic heterocycles. The van der Waals surface area contributed by atoms with Crippen LogP contribution in [0.25, 0.3) is 0 Å². The molecule has 1 saturated carbocycles. The first-order valence-corrected chi connectivity index (χ1v) is 9.35. The van der Waals surface area contributed by atoms with Crippen LogP contribution in [-0.4, -0.2) is 60.0 Å². The van der Waals surface area contributed by atoms with E-state index >= 15 is 0 Å². The van der Waals surface area contributed by atoms with Gasteiger partial charge in [0.25, 0.3) is 0 Å². The van der Waals surface area contributed by atoms with E-state index in [0.29, 0.717) is 18.9 Å². The first-order chi connectivity index (χ1) is 11.2. The topological polar surface area (TPSA) is 49.9 Å². The number of carbonyl (C=O) groups is 2. The summed E-state index contributed by atoms with van der Waals surface area (Å²) in [6.45, 7) is 3.93. The summed E-state index contributed by atoms with van der Waals surface area (Å²) in [6.07, 6.45) is 8.18. The van der Waals surface area contributed by atoms with E-state index in [1.807, 2.05) is 4.90 Å². The fraction of sp³-hybridized carbons (Fsp3) is 0.889. The molecule has 2 amide bonds. The van der Waals surface area contributed by atoms with E-state index in [4.69, 9.17) is 4.74 Å². The number of carbonyl (C=O) groups excluding carboxylic acids is 2. The van der Waals surface area contributed by atoms with Gasteiger partial charge in [0.2, 0.25) is 11.8 Å². The van der Waals surface area contributed by atoms with Crippen molar-refractivity contribution in [1.82, 2.24) is 9.80 Å². The zero-order chi connectivity index (χ0) is 15.9. The molecule has 3 heterocycles. The van der Waals surface area contributed by atoms with Crippen molar-refractivity contribution in [2.45, 2.75) is 56.9 Å². The van der Waals surface area contributed by atoms with Crippen molar-refractivity contribution < 1.29 is 14.3 Å². The highest BCUT2D eigenvalue weighted by Crippen LogP contribution is 2.42. The van der Waals surface area contributed by atoms with Gasteiger partial charge in [0.05, 0.1) is 12.5 Å². The molecule has 1 aliphatic carbocycles. The van der Waals surface area contributed by atoms with Crippen LogP contribution in [0.2, 0.25) is 0 Å². The monoisotopic (exact) mass is 320 g/mol. The van der Waals surface area contributed by atoms with Crippen LogP contribution in [0.5, 0.6) is 0 Å². The maximum Gasteiger partial charge on any atom is 0.228 e. The summed E-state index contributed by atoms with van der Waals surface area (Å²) in [5.41, 5.74) is 0.0425. The number of ether oxygens (including phenoxy) is 1. The molecule has 0 aromatic heterocycles. The van der Waals surface area contributed by atoms with Gasteiger partial charge >= 0.3 is 0 Å². The third-order valence-corrected chi connectivity index (χ3v) is 6.32. The molecule has 0 aromatic rings. The van der Waals surface area contributed by atoms with E-state index < -0.39 is 0 Å². The van der Waals surface area contributed by atoms with Crippen LogP contribution < -0.4 is 0 Å². The fourth-order valence-corrected chi connectivity index (χ4v) is 4.63. The smallest absolute Gasteiger partial charge is 0.228 e. The van der Waals surface area contributed by atoms with Gasteiger partial charge in [0.15, 0.2) is 0 Å². The molecule has 1 spiro atoms.